The molecule has 242 valence electrons. The van der Waals surface area contributed by atoms with Crippen LogP contribution in [-0.2, 0) is 5.41 Å². The zero-order valence-corrected chi connectivity index (χ0v) is 28.7. The minimum Gasteiger partial charge on any atom is -0.208 e. The maximum absolute atomic E-state index is 9.46. The molecular formula is C47H28N4S. The topological polar surface area (TPSA) is 62.5 Å². The van der Waals surface area contributed by atoms with Gasteiger partial charge in [0.05, 0.1) is 17.0 Å². The van der Waals surface area contributed by atoms with Crippen LogP contribution in [0.15, 0.2) is 180 Å². The van der Waals surface area contributed by atoms with E-state index in [2.05, 4.69) is 91.0 Å². The molecule has 1 aromatic heterocycles. The van der Waals surface area contributed by atoms with Gasteiger partial charge in [-0.3, -0.25) is 0 Å². The van der Waals surface area contributed by atoms with Crippen molar-refractivity contribution in [3.05, 3.63) is 198 Å². The van der Waals surface area contributed by atoms with Crippen LogP contribution in [0.25, 0.3) is 56.4 Å². The van der Waals surface area contributed by atoms with E-state index in [1.807, 2.05) is 96.7 Å². The van der Waals surface area contributed by atoms with Crippen LogP contribution in [0.1, 0.15) is 27.8 Å². The first-order chi connectivity index (χ1) is 25.7. The Morgan fingerprint density at radius 3 is 1.62 bits per heavy atom. The van der Waals surface area contributed by atoms with E-state index in [1.54, 1.807) is 0 Å². The Morgan fingerprint density at radius 2 is 0.923 bits per heavy atom. The summed E-state index contributed by atoms with van der Waals surface area (Å²) in [7, 11) is 0. The minimum absolute atomic E-state index is 0.584. The number of fused-ring (bicyclic) bond motifs is 9. The third-order valence-corrected chi connectivity index (χ3v) is 11.4. The van der Waals surface area contributed by atoms with Crippen molar-refractivity contribution in [3.63, 3.8) is 0 Å². The molecule has 2 aliphatic rings. The van der Waals surface area contributed by atoms with Gasteiger partial charge in [0.1, 0.15) is 0 Å². The largest absolute Gasteiger partial charge is 0.208 e. The molecule has 4 nitrogen and oxygen atoms in total. The number of nitrogens with zero attached hydrogens (tertiary/aromatic N) is 4. The van der Waals surface area contributed by atoms with E-state index in [1.165, 1.54) is 43.2 Å². The van der Waals surface area contributed by atoms with Crippen molar-refractivity contribution in [1.29, 1.82) is 5.26 Å². The van der Waals surface area contributed by atoms with E-state index in [0.717, 1.165) is 27.8 Å². The molecule has 7 aromatic carbocycles. The van der Waals surface area contributed by atoms with Crippen LogP contribution >= 0.6 is 11.8 Å². The summed E-state index contributed by atoms with van der Waals surface area (Å²) >= 11 is 1.83. The smallest absolute Gasteiger partial charge is 0.164 e. The predicted molar refractivity (Wildman–Crippen MR) is 208 cm³/mol. The van der Waals surface area contributed by atoms with Crippen molar-refractivity contribution in [2.45, 2.75) is 15.2 Å². The van der Waals surface area contributed by atoms with E-state index in [-0.39, 0.29) is 0 Å². The molecule has 0 radical (unpaired) electrons. The SMILES string of the molecule is N#Cc1ccc(-c2ccc3c(c2)C2(c4ccccc4S3)c3ccccc3-c3ccc(-c4nc(-c5ccccc5)nc(-c5ccccc5)n4)cc32)cc1. The number of hydrogen-bond donors (Lipinski definition) is 0. The van der Waals surface area contributed by atoms with Crippen LogP contribution in [0.4, 0.5) is 0 Å². The number of aromatic nitrogens is 3. The summed E-state index contributed by atoms with van der Waals surface area (Å²) in [6.07, 6.45) is 0. The van der Waals surface area contributed by atoms with Gasteiger partial charge in [0.15, 0.2) is 17.5 Å². The molecule has 0 fully saturated rings. The van der Waals surface area contributed by atoms with Gasteiger partial charge in [0, 0.05) is 26.5 Å². The number of rotatable bonds is 4. The molecule has 1 atom stereocenters. The Balaban J connectivity index is 1.24. The molecule has 2 heterocycles. The summed E-state index contributed by atoms with van der Waals surface area (Å²) in [5.41, 5.74) is 12.5. The zero-order chi connectivity index (χ0) is 34.6. The fourth-order valence-corrected chi connectivity index (χ4v) is 9.07. The van der Waals surface area contributed by atoms with Crippen LogP contribution < -0.4 is 0 Å². The molecule has 0 N–H and O–H groups in total. The molecule has 8 aromatic rings. The average Bonchev–Trinajstić information content (AvgIpc) is 3.51. The van der Waals surface area contributed by atoms with Gasteiger partial charge < -0.3 is 0 Å². The van der Waals surface area contributed by atoms with Gasteiger partial charge in [0.2, 0.25) is 0 Å². The molecule has 0 bridgehead atoms. The highest BCUT2D eigenvalue weighted by molar-refractivity contribution is 7.99. The highest BCUT2D eigenvalue weighted by Gasteiger charge is 2.50. The highest BCUT2D eigenvalue weighted by Crippen LogP contribution is 2.62. The first-order valence-corrected chi connectivity index (χ1v) is 18.1. The first-order valence-electron chi connectivity index (χ1n) is 17.2. The maximum atomic E-state index is 9.46. The summed E-state index contributed by atoms with van der Waals surface area (Å²) in [6, 6.07) is 61.6. The van der Waals surface area contributed by atoms with Gasteiger partial charge >= 0.3 is 0 Å². The van der Waals surface area contributed by atoms with Gasteiger partial charge in [-0.05, 0) is 80.9 Å². The fourth-order valence-electron chi connectivity index (χ4n) is 7.89. The van der Waals surface area contributed by atoms with Crippen LogP contribution in [0, 0.1) is 11.3 Å². The third kappa shape index (κ3) is 4.66. The molecule has 52 heavy (non-hydrogen) atoms. The van der Waals surface area contributed by atoms with Crippen LogP contribution in [0.5, 0.6) is 0 Å². The molecule has 1 spiro atoms. The lowest BCUT2D eigenvalue weighted by molar-refractivity contribution is 0.723. The fraction of sp³-hybridized carbons (Fsp3) is 0.0213. The van der Waals surface area contributed by atoms with Crippen molar-refractivity contribution in [1.82, 2.24) is 15.0 Å². The molecule has 1 unspecified atom stereocenters. The first kappa shape index (κ1) is 30.2. The quantitative estimate of drug-likeness (QED) is 0.185. The van der Waals surface area contributed by atoms with Crippen LogP contribution in [0.3, 0.4) is 0 Å². The lowest BCUT2D eigenvalue weighted by Gasteiger charge is -2.40. The van der Waals surface area contributed by atoms with Crippen molar-refractivity contribution in [3.8, 4) is 62.5 Å². The maximum Gasteiger partial charge on any atom is 0.164 e. The van der Waals surface area contributed by atoms with Gasteiger partial charge in [-0.25, -0.2) is 15.0 Å². The molecule has 0 saturated carbocycles. The van der Waals surface area contributed by atoms with E-state index in [0.29, 0.717) is 23.0 Å². The molecule has 1 aliphatic heterocycles. The molecule has 0 amide bonds. The average molecular weight is 681 g/mol. The molecule has 5 heteroatoms. The second-order valence-electron chi connectivity index (χ2n) is 13.1. The second kappa shape index (κ2) is 12.0. The normalized spacial score (nSPS) is 14.9. The van der Waals surface area contributed by atoms with Crippen LogP contribution in [-0.4, -0.2) is 15.0 Å². The van der Waals surface area contributed by atoms with E-state index < -0.39 is 5.41 Å². The van der Waals surface area contributed by atoms with Gasteiger partial charge in [-0.1, -0.05) is 145 Å². The molecule has 1 aliphatic carbocycles. The van der Waals surface area contributed by atoms with Gasteiger partial charge in [-0.2, -0.15) is 5.26 Å². The van der Waals surface area contributed by atoms with E-state index in [9.17, 15) is 5.26 Å². The number of nitriles is 1. The number of benzene rings is 7. The van der Waals surface area contributed by atoms with Crippen molar-refractivity contribution in [2.24, 2.45) is 0 Å². The summed E-state index contributed by atoms with van der Waals surface area (Å²) in [5.74, 6) is 1.91. The second-order valence-corrected chi connectivity index (χ2v) is 14.2. The van der Waals surface area contributed by atoms with E-state index >= 15 is 0 Å². The van der Waals surface area contributed by atoms with Crippen LogP contribution in [0.2, 0.25) is 0 Å². The number of hydrogen-bond acceptors (Lipinski definition) is 5. The van der Waals surface area contributed by atoms with Crippen molar-refractivity contribution < 1.29 is 0 Å². The Morgan fingerprint density at radius 1 is 0.404 bits per heavy atom. The monoisotopic (exact) mass is 680 g/mol. The minimum atomic E-state index is -0.584. The lowest BCUT2D eigenvalue weighted by atomic mass is 9.67. The van der Waals surface area contributed by atoms with Crippen molar-refractivity contribution >= 4 is 11.8 Å². The van der Waals surface area contributed by atoms with Gasteiger partial charge in [-0.15, -0.1) is 0 Å². The Hall–Kier alpha value is -6.61. The Kier molecular flexibility index (Phi) is 6.99. The Labute approximate surface area is 306 Å². The Bertz CT molecular complexity index is 2660. The van der Waals surface area contributed by atoms with Crippen molar-refractivity contribution in [2.75, 3.05) is 0 Å². The summed E-state index contributed by atoms with van der Waals surface area (Å²) < 4.78 is 0. The summed E-state index contributed by atoms with van der Waals surface area (Å²) in [5, 5.41) is 9.46. The predicted octanol–water partition coefficient (Wildman–Crippen LogP) is 11.2. The summed E-state index contributed by atoms with van der Waals surface area (Å²) in [4.78, 5) is 17.7. The molecule has 0 saturated heterocycles. The zero-order valence-electron chi connectivity index (χ0n) is 27.9. The van der Waals surface area contributed by atoms with Gasteiger partial charge in [0.25, 0.3) is 0 Å². The molecular weight excluding hydrogens is 653 g/mol. The highest BCUT2D eigenvalue weighted by atomic mass is 32.2. The standard InChI is InChI=1S/C47H28N4S/c48-29-30-19-21-31(22-20-30)34-24-26-43-41(27-34)47(39-17-9-10-18-42(39)52-43)38-16-8-7-15-36(38)37-25-23-35(28-40(37)47)46-50-44(32-11-3-1-4-12-32)49-45(51-46)33-13-5-2-6-14-33/h1-28H. The third-order valence-electron chi connectivity index (χ3n) is 10.2. The lowest BCUT2D eigenvalue weighted by Crippen LogP contribution is -2.32. The summed E-state index contributed by atoms with van der Waals surface area (Å²) in [6.45, 7) is 0. The van der Waals surface area contributed by atoms with E-state index in [4.69, 9.17) is 15.0 Å². The molecule has 10 rings (SSSR count).